The summed E-state index contributed by atoms with van der Waals surface area (Å²) in [5, 5.41) is 39.2. The van der Waals surface area contributed by atoms with Gasteiger partial charge in [0, 0.05) is 5.92 Å². The third kappa shape index (κ3) is 4.25. The van der Waals surface area contributed by atoms with Crippen LogP contribution in [0.4, 0.5) is 0 Å². The number of hydrogen-bond acceptors (Lipinski definition) is 10. The number of oxazole rings is 1. The van der Waals surface area contributed by atoms with Crippen LogP contribution in [0.5, 0.6) is 0 Å². The number of carbonyl (C=O) groups excluding carboxylic acids is 1. The van der Waals surface area contributed by atoms with Gasteiger partial charge in [-0.1, -0.05) is 19.1 Å². The second-order valence-electron chi connectivity index (χ2n) is 9.69. The van der Waals surface area contributed by atoms with Crippen LogP contribution >= 0.6 is 0 Å². The molecule has 11 nitrogen and oxygen atoms in total. The third-order valence-corrected chi connectivity index (χ3v) is 7.42. The summed E-state index contributed by atoms with van der Waals surface area (Å²) in [4.78, 5) is 17.3. The second-order valence-corrected chi connectivity index (χ2v) is 9.69. The van der Waals surface area contributed by atoms with Gasteiger partial charge in [0.2, 0.25) is 23.9 Å². The number of likely N-dealkylation sites (N-methyl/N-ethyl adjacent to an activating group) is 1. The fraction of sp³-hybridized carbons (Fsp3) is 0.667. The van der Waals surface area contributed by atoms with Crippen molar-refractivity contribution >= 4 is 17.0 Å². The van der Waals surface area contributed by atoms with E-state index in [-0.39, 0.29) is 24.8 Å². The number of fused-ring (bicyclic) bond motifs is 3. The normalized spacial score (nSPS) is 41.3. The van der Waals surface area contributed by atoms with E-state index < -0.39 is 60.4 Å². The van der Waals surface area contributed by atoms with E-state index in [2.05, 4.69) is 15.6 Å². The van der Waals surface area contributed by atoms with Crippen LogP contribution in [0.25, 0.3) is 11.1 Å². The Bertz CT molecular complexity index is 1030. The fourth-order valence-corrected chi connectivity index (χ4v) is 5.62. The zero-order valence-corrected chi connectivity index (χ0v) is 20.0. The van der Waals surface area contributed by atoms with Crippen LogP contribution in [-0.4, -0.2) is 87.9 Å². The monoisotopic (exact) mass is 491 g/mol. The minimum absolute atomic E-state index is 0.122. The lowest BCUT2D eigenvalue weighted by molar-refractivity contribution is -0.450. The van der Waals surface area contributed by atoms with Crippen LogP contribution in [0, 0.1) is 5.92 Å². The summed E-state index contributed by atoms with van der Waals surface area (Å²) in [5.41, 5.74) is 1.24. The molecule has 1 saturated carbocycles. The number of aliphatic hydroxyl groups is 3. The molecule has 3 fully saturated rings. The standard InChI is InChI=1S/C24H33N3O8/c1-4-12-19(29)18(25-3)21-22(20(12)30)34-23-24(31,35-21)15(9-11(2)32-23)27-16(28)10-17-26-13-7-5-6-8-14(13)33-17/h5-8,11-12,15,18-23,25,29-31H,4,9-10H2,1-3H3,(H,27,28)/t11-,12-,15-,18+,19+,20+,21?,22?,23?,24+/m1/s1. The van der Waals surface area contributed by atoms with Crippen molar-refractivity contribution in [2.24, 2.45) is 5.92 Å². The average molecular weight is 492 g/mol. The first-order chi connectivity index (χ1) is 16.7. The van der Waals surface area contributed by atoms with Crippen molar-refractivity contribution in [2.45, 2.75) is 87.8 Å². The largest absolute Gasteiger partial charge is 0.440 e. The van der Waals surface area contributed by atoms with Gasteiger partial charge in [0.15, 0.2) is 5.58 Å². The van der Waals surface area contributed by atoms with Crippen molar-refractivity contribution in [1.29, 1.82) is 0 Å². The van der Waals surface area contributed by atoms with Crippen molar-refractivity contribution < 1.29 is 38.7 Å². The number of aromatic nitrogens is 1. The molecule has 192 valence electrons. The van der Waals surface area contributed by atoms with Gasteiger partial charge in [-0.2, -0.15) is 0 Å². The van der Waals surface area contributed by atoms with E-state index in [1.165, 1.54) is 0 Å². The molecular formula is C24H33N3O8. The number of amides is 1. The molecule has 2 aliphatic heterocycles. The molecule has 2 saturated heterocycles. The van der Waals surface area contributed by atoms with Crippen molar-refractivity contribution in [3.8, 4) is 0 Å². The number of carbonyl (C=O) groups is 1. The zero-order chi connectivity index (χ0) is 24.9. The predicted octanol–water partition coefficient (Wildman–Crippen LogP) is -0.188. The van der Waals surface area contributed by atoms with E-state index in [0.717, 1.165) is 0 Å². The highest BCUT2D eigenvalue weighted by molar-refractivity contribution is 5.79. The molecule has 3 aliphatic rings. The molecule has 35 heavy (non-hydrogen) atoms. The van der Waals surface area contributed by atoms with E-state index in [1.807, 2.05) is 19.1 Å². The van der Waals surface area contributed by atoms with Gasteiger partial charge < -0.3 is 44.6 Å². The molecule has 1 aromatic carbocycles. The second kappa shape index (κ2) is 9.40. The lowest BCUT2D eigenvalue weighted by Gasteiger charge is -2.58. The predicted molar refractivity (Wildman–Crippen MR) is 122 cm³/mol. The van der Waals surface area contributed by atoms with Gasteiger partial charge in [0.25, 0.3) is 0 Å². The first kappa shape index (κ1) is 24.6. The number of ether oxygens (including phenoxy) is 3. The smallest absolute Gasteiger partial charge is 0.239 e. The molecule has 5 rings (SSSR count). The maximum atomic E-state index is 12.9. The molecule has 3 heterocycles. The van der Waals surface area contributed by atoms with E-state index in [1.54, 1.807) is 26.1 Å². The molecule has 0 spiro atoms. The molecule has 1 amide bonds. The Kier molecular flexibility index (Phi) is 6.60. The minimum atomic E-state index is -2.03. The highest BCUT2D eigenvalue weighted by Gasteiger charge is 2.63. The van der Waals surface area contributed by atoms with Crippen LogP contribution in [0.15, 0.2) is 28.7 Å². The maximum absolute atomic E-state index is 12.9. The zero-order valence-electron chi connectivity index (χ0n) is 20.0. The number of hydrogen-bond donors (Lipinski definition) is 5. The lowest BCUT2D eigenvalue weighted by Crippen LogP contribution is -2.77. The Hall–Kier alpha value is -2.12. The molecule has 0 radical (unpaired) electrons. The van der Waals surface area contributed by atoms with E-state index >= 15 is 0 Å². The van der Waals surface area contributed by atoms with Gasteiger partial charge in [0.05, 0.1) is 30.4 Å². The van der Waals surface area contributed by atoms with Crippen molar-refractivity contribution in [2.75, 3.05) is 7.05 Å². The molecule has 0 bridgehead atoms. The summed E-state index contributed by atoms with van der Waals surface area (Å²) in [7, 11) is 1.67. The summed E-state index contributed by atoms with van der Waals surface area (Å²) in [5.74, 6) is -2.62. The van der Waals surface area contributed by atoms with Gasteiger partial charge in [-0.25, -0.2) is 4.98 Å². The summed E-state index contributed by atoms with van der Waals surface area (Å²) in [6.07, 6.45) is -4.54. The number of para-hydroxylation sites is 2. The quantitative estimate of drug-likeness (QED) is 0.380. The lowest BCUT2D eigenvalue weighted by atomic mass is 9.74. The fourth-order valence-electron chi connectivity index (χ4n) is 5.62. The van der Waals surface area contributed by atoms with Gasteiger partial charge in [-0.15, -0.1) is 0 Å². The van der Waals surface area contributed by atoms with Gasteiger partial charge in [0.1, 0.15) is 24.1 Å². The van der Waals surface area contributed by atoms with Gasteiger partial charge in [-0.05, 0) is 38.9 Å². The molecule has 2 aromatic rings. The van der Waals surface area contributed by atoms with Crippen molar-refractivity contribution in [3.05, 3.63) is 30.2 Å². The number of aliphatic hydroxyl groups excluding tert-OH is 2. The average Bonchev–Trinajstić information content (AvgIpc) is 3.22. The first-order valence-electron chi connectivity index (χ1n) is 12.1. The number of rotatable bonds is 5. The van der Waals surface area contributed by atoms with E-state index in [0.29, 0.717) is 17.5 Å². The Morgan fingerprint density at radius 1 is 1.20 bits per heavy atom. The van der Waals surface area contributed by atoms with Gasteiger partial charge in [-0.3, -0.25) is 4.79 Å². The van der Waals surface area contributed by atoms with Gasteiger partial charge >= 0.3 is 0 Å². The van der Waals surface area contributed by atoms with Crippen molar-refractivity contribution in [1.82, 2.24) is 15.6 Å². The minimum Gasteiger partial charge on any atom is -0.440 e. The van der Waals surface area contributed by atoms with Crippen LogP contribution in [0.2, 0.25) is 0 Å². The third-order valence-electron chi connectivity index (χ3n) is 7.42. The van der Waals surface area contributed by atoms with E-state index in [4.69, 9.17) is 18.6 Å². The maximum Gasteiger partial charge on any atom is 0.239 e. The Balaban J connectivity index is 1.36. The Labute approximate surface area is 202 Å². The van der Waals surface area contributed by atoms with Crippen LogP contribution in [0.3, 0.4) is 0 Å². The number of nitrogens with one attached hydrogen (secondary N) is 2. The van der Waals surface area contributed by atoms with Crippen LogP contribution in [-0.2, 0) is 25.4 Å². The first-order valence-corrected chi connectivity index (χ1v) is 12.1. The molecule has 11 heteroatoms. The summed E-state index contributed by atoms with van der Waals surface area (Å²) >= 11 is 0. The van der Waals surface area contributed by atoms with Crippen LogP contribution < -0.4 is 10.6 Å². The highest BCUT2D eigenvalue weighted by atomic mass is 16.8. The van der Waals surface area contributed by atoms with E-state index in [9.17, 15) is 20.1 Å². The van der Waals surface area contributed by atoms with Crippen molar-refractivity contribution in [3.63, 3.8) is 0 Å². The SMILES string of the molecule is CC[C@@H]1[C@H](O)[C@H](NC)C2O[C@]3(O)C(OC2[C@H]1O)O[C@H](C)C[C@H]3NC(=O)Cc1nc2ccccc2o1. The summed E-state index contributed by atoms with van der Waals surface area (Å²) in [6, 6.07) is 5.76. The summed E-state index contributed by atoms with van der Waals surface area (Å²) < 4.78 is 23.7. The number of nitrogens with zero attached hydrogens (tertiary/aromatic N) is 1. The van der Waals surface area contributed by atoms with Crippen LogP contribution in [0.1, 0.15) is 32.6 Å². The Morgan fingerprint density at radius 2 is 1.97 bits per heavy atom. The topological polar surface area (TPSA) is 156 Å². The molecule has 5 N–H and O–H groups in total. The molecule has 3 unspecified atom stereocenters. The molecule has 10 atom stereocenters. The highest BCUT2D eigenvalue weighted by Crippen LogP contribution is 2.43. The number of benzene rings is 1. The summed E-state index contributed by atoms with van der Waals surface area (Å²) in [6.45, 7) is 3.69. The molecule has 1 aliphatic carbocycles. The Morgan fingerprint density at radius 3 is 2.69 bits per heavy atom. The molecular weight excluding hydrogens is 458 g/mol. The molecule has 1 aromatic heterocycles.